The highest BCUT2D eigenvalue weighted by Crippen LogP contribution is 2.25. The Labute approximate surface area is 109 Å². The maximum absolute atomic E-state index is 13.0. The van der Waals surface area contributed by atoms with Crippen LogP contribution in [0.3, 0.4) is 0 Å². The molecule has 0 aliphatic rings. The van der Waals surface area contributed by atoms with Gasteiger partial charge in [-0.15, -0.1) is 0 Å². The van der Waals surface area contributed by atoms with Gasteiger partial charge in [-0.1, -0.05) is 13.3 Å². The van der Waals surface area contributed by atoms with Crippen LogP contribution >= 0.6 is 0 Å². The van der Waals surface area contributed by atoms with Crippen molar-refractivity contribution in [2.24, 2.45) is 5.73 Å². The summed E-state index contributed by atoms with van der Waals surface area (Å²) in [5.41, 5.74) is 5.20. The lowest BCUT2D eigenvalue weighted by Gasteiger charge is -2.10. The predicted octanol–water partition coefficient (Wildman–Crippen LogP) is 2.19. The number of carbonyl (C=O) groups is 1. The smallest absolute Gasteiger partial charge is 0.292 e. The molecule has 0 saturated heterocycles. The van der Waals surface area contributed by atoms with Crippen molar-refractivity contribution < 1.29 is 14.1 Å². The Balaban J connectivity index is 2.78. The molecule has 1 amide bonds. The molecule has 6 nitrogen and oxygen atoms in total. The zero-order valence-corrected chi connectivity index (χ0v) is 10.6. The number of hydrogen-bond acceptors (Lipinski definition) is 4. The van der Waals surface area contributed by atoms with Crippen LogP contribution in [0.2, 0.25) is 0 Å². The van der Waals surface area contributed by atoms with Gasteiger partial charge in [-0.25, -0.2) is 4.39 Å². The van der Waals surface area contributed by atoms with Gasteiger partial charge in [-0.3, -0.25) is 14.9 Å². The summed E-state index contributed by atoms with van der Waals surface area (Å²) in [5, 5.41) is 13.1. The van der Waals surface area contributed by atoms with Gasteiger partial charge < -0.3 is 11.1 Å². The summed E-state index contributed by atoms with van der Waals surface area (Å²) in [5.74, 6) is -1.12. The molecule has 0 aliphatic carbocycles. The fourth-order valence-corrected chi connectivity index (χ4v) is 1.68. The van der Waals surface area contributed by atoms with Gasteiger partial charge in [0.05, 0.1) is 4.92 Å². The number of nitro groups is 1. The first-order valence-corrected chi connectivity index (χ1v) is 5.93. The Morgan fingerprint density at radius 1 is 1.58 bits per heavy atom. The van der Waals surface area contributed by atoms with E-state index in [0.717, 1.165) is 24.6 Å². The van der Waals surface area contributed by atoms with Gasteiger partial charge in [0, 0.05) is 24.6 Å². The van der Waals surface area contributed by atoms with Crippen molar-refractivity contribution in [3.8, 4) is 0 Å². The quantitative estimate of drug-likeness (QED) is 0.610. The normalized spacial score (nSPS) is 11.9. The third-order valence-corrected chi connectivity index (χ3v) is 2.54. The van der Waals surface area contributed by atoms with Crippen LogP contribution in [0, 0.1) is 15.9 Å². The zero-order valence-electron chi connectivity index (χ0n) is 10.6. The number of anilines is 1. The van der Waals surface area contributed by atoms with E-state index in [0.29, 0.717) is 6.42 Å². The molecule has 19 heavy (non-hydrogen) atoms. The standard InChI is InChI=1S/C12H16FN3O3/c1-2-3-9(14)7-12(17)15-10-6-8(13)4-5-11(10)16(18)19/h4-6,9H,2-3,7,14H2,1H3,(H,15,17). The van der Waals surface area contributed by atoms with Crippen molar-refractivity contribution in [1.29, 1.82) is 0 Å². The summed E-state index contributed by atoms with van der Waals surface area (Å²) in [7, 11) is 0. The molecule has 0 fully saturated rings. The molecular weight excluding hydrogens is 253 g/mol. The molecule has 0 aromatic heterocycles. The molecule has 3 N–H and O–H groups in total. The van der Waals surface area contributed by atoms with Crippen LogP contribution in [-0.4, -0.2) is 16.9 Å². The SMILES string of the molecule is CCCC(N)CC(=O)Nc1cc(F)ccc1[N+](=O)[O-]. The van der Waals surface area contributed by atoms with Crippen molar-refractivity contribution >= 4 is 17.3 Å². The van der Waals surface area contributed by atoms with Crippen molar-refractivity contribution in [2.45, 2.75) is 32.2 Å². The van der Waals surface area contributed by atoms with Gasteiger partial charge in [-0.05, 0) is 12.5 Å². The average Bonchev–Trinajstić information content (AvgIpc) is 2.28. The van der Waals surface area contributed by atoms with Gasteiger partial charge in [0.15, 0.2) is 0 Å². The molecule has 1 unspecified atom stereocenters. The Hall–Kier alpha value is -2.02. The minimum absolute atomic E-state index is 0.0432. The van der Waals surface area contributed by atoms with E-state index in [-0.39, 0.29) is 23.8 Å². The second kappa shape index (κ2) is 6.79. The Morgan fingerprint density at radius 3 is 2.84 bits per heavy atom. The molecule has 0 bridgehead atoms. The molecule has 0 radical (unpaired) electrons. The van der Waals surface area contributed by atoms with Crippen LogP contribution < -0.4 is 11.1 Å². The summed E-state index contributed by atoms with van der Waals surface area (Å²) < 4.78 is 13.0. The topological polar surface area (TPSA) is 98.3 Å². The highest BCUT2D eigenvalue weighted by atomic mass is 19.1. The molecule has 1 rings (SSSR count). The van der Waals surface area contributed by atoms with E-state index in [1.165, 1.54) is 0 Å². The first-order valence-electron chi connectivity index (χ1n) is 5.93. The van der Waals surface area contributed by atoms with Crippen molar-refractivity contribution in [3.05, 3.63) is 34.1 Å². The number of nitrogens with one attached hydrogen (secondary N) is 1. The highest BCUT2D eigenvalue weighted by Gasteiger charge is 2.17. The fraction of sp³-hybridized carbons (Fsp3) is 0.417. The summed E-state index contributed by atoms with van der Waals surface area (Å²) >= 11 is 0. The van der Waals surface area contributed by atoms with Gasteiger partial charge in [-0.2, -0.15) is 0 Å². The number of nitrogens with zero attached hydrogens (tertiary/aromatic N) is 1. The van der Waals surface area contributed by atoms with Gasteiger partial charge in [0.1, 0.15) is 11.5 Å². The second-order valence-electron chi connectivity index (χ2n) is 4.22. The number of halogens is 1. The molecule has 0 spiro atoms. The molecular formula is C12H16FN3O3. The van der Waals surface area contributed by atoms with Crippen LogP contribution in [0.4, 0.5) is 15.8 Å². The summed E-state index contributed by atoms with van der Waals surface area (Å²) in [4.78, 5) is 21.7. The molecule has 1 atom stereocenters. The Bertz CT molecular complexity index is 479. The number of carbonyl (C=O) groups excluding carboxylic acids is 1. The zero-order chi connectivity index (χ0) is 14.4. The van der Waals surface area contributed by atoms with E-state index >= 15 is 0 Å². The van der Waals surface area contributed by atoms with Gasteiger partial charge in [0.2, 0.25) is 5.91 Å². The highest BCUT2D eigenvalue weighted by molar-refractivity contribution is 5.93. The van der Waals surface area contributed by atoms with Crippen molar-refractivity contribution in [3.63, 3.8) is 0 Å². The molecule has 104 valence electrons. The molecule has 1 aromatic carbocycles. The van der Waals surface area contributed by atoms with Gasteiger partial charge >= 0.3 is 0 Å². The lowest BCUT2D eigenvalue weighted by molar-refractivity contribution is -0.384. The predicted molar refractivity (Wildman–Crippen MR) is 69.2 cm³/mol. The maximum Gasteiger partial charge on any atom is 0.292 e. The van der Waals surface area contributed by atoms with E-state index in [4.69, 9.17) is 5.73 Å². The van der Waals surface area contributed by atoms with Gasteiger partial charge in [0.25, 0.3) is 5.69 Å². The van der Waals surface area contributed by atoms with Crippen LogP contribution in [0.15, 0.2) is 18.2 Å². The van der Waals surface area contributed by atoms with Crippen LogP contribution in [0.25, 0.3) is 0 Å². The number of nitrogens with two attached hydrogens (primary N) is 1. The number of amides is 1. The molecule has 7 heteroatoms. The maximum atomic E-state index is 13.0. The average molecular weight is 269 g/mol. The summed E-state index contributed by atoms with van der Waals surface area (Å²) in [6.07, 6.45) is 1.56. The summed E-state index contributed by atoms with van der Waals surface area (Å²) in [6, 6.07) is 2.59. The molecule has 0 heterocycles. The number of rotatable bonds is 6. The lowest BCUT2D eigenvalue weighted by atomic mass is 10.1. The third-order valence-electron chi connectivity index (χ3n) is 2.54. The van der Waals surface area contributed by atoms with E-state index in [9.17, 15) is 19.3 Å². The van der Waals surface area contributed by atoms with E-state index in [1.54, 1.807) is 0 Å². The van der Waals surface area contributed by atoms with E-state index < -0.39 is 16.6 Å². The van der Waals surface area contributed by atoms with Crippen LogP contribution in [0.1, 0.15) is 26.2 Å². The number of benzene rings is 1. The Morgan fingerprint density at radius 2 is 2.26 bits per heavy atom. The second-order valence-corrected chi connectivity index (χ2v) is 4.22. The van der Waals surface area contributed by atoms with Crippen molar-refractivity contribution in [1.82, 2.24) is 0 Å². The first kappa shape index (κ1) is 15.0. The first-order chi connectivity index (χ1) is 8.93. The van der Waals surface area contributed by atoms with E-state index in [1.807, 2.05) is 6.92 Å². The fourth-order valence-electron chi connectivity index (χ4n) is 1.68. The minimum atomic E-state index is -0.680. The Kier molecular flexibility index (Phi) is 5.37. The molecule has 0 aliphatic heterocycles. The third kappa shape index (κ3) is 4.63. The van der Waals surface area contributed by atoms with E-state index in [2.05, 4.69) is 5.32 Å². The largest absolute Gasteiger partial charge is 0.327 e. The minimum Gasteiger partial charge on any atom is -0.327 e. The van der Waals surface area contributed by atoms with Crippen molar-refractivity contribution in [2.75, 3.05) is 5.32 Å². The molecule has 0 saturated carbocycles. The van der Waals surface area contributed by atoms with Crippen LogP contribution in [0.5, 0.6) is 0 Å². The number of hydrogen-bond donors (Lipinski definition) is 2. The monoisotopic (exact) mass is 269 g/mol. The molecule has 1 aromatic rings. The van der Waals surface area contributed by atoms with Crippen LogP contribution in [-0.2, 0) is 4.79 Å². The number of nitro benzene ring substituents is 1. The summed E-state index contributed by atoms with van der Waals surface area (Å²) in [6.45, 7) is 1.94. The lowest BCUT2D eigenvalue weighted by Crippen LogP contribution is -2.27.